The molecule has 0 radical (unpaired) electrons. The molecule has 1 rings (SSSR count). The summed E-state index contributed by atoms with van der Waals surface area (Å²) in [5.74, 6) is 0.655. The summed E-state index contributed by atoms with van der Waals surface area (Å²) in [5.41, 5.74) is 0.931. The average Bonchev–Trinajstić information content (AvgIpc) is 2.49. The zero-order valence-electron chi connectivity index (χ0n) is 13.0. The van der Waals surface area contributed by atoms with E-state index in [0.717, 1.165) is 29.9 Å². The zero-order chi connectivity index (χ0) is 15.7. The van der Waals surface area contributed by atoms with E-state index in [-0.39, 0.29) is 0 Å². The molecule has 1 aromatic rings. The van der Waals surface area contributed by atoms with E-state index in [4.69, 9.17) is 14.6 Å². The Morgan fingerprint density at radius 3 is 2.52 bits per heavy atom. The number of benzene rings is 1. The van der Waals surface area contributed by atoms with Crippen molar-refractivity contribution < 1.29 is 19.4 Å². The Labute approximate surface area is 126 Å². The Balaban J connectivity index is 2.77. The Kier molecular flexibility index (Phi) is 7.61. The summed E-state index contributed by atoms with van der Waals surface area (Å²) in [6.45, 7) is 7.45. The molecule has 21 heavy (non-hydrogen) atoms. The molecule has 118 valence electrons. The van der Waals surface area contributed by atoms with Crippen molar-refractivity contribution in [1.29, 1.82) is 0 Å². The van der Waals surface area contributed by atoms with Gasteiger partial charge < -0.3 is 19.9 Å². The summed E-state index contributed by atoms with van der Waals surface area (Å²) in [7, 11) is 0. The standard InChI is InChI=1S/C16H25NO4/c1-4-8-20-14-7-6-13(11-17-12(3)16(18)19)15(10-14)21-9-5-2/h6-7,10,12,17H,4-5,8-9,11H2,1-3H3,(H,18,19). The van der Waals surface area contributed by atoms with Crippen LogP contribution in [0.3, 0.4) is 0 Å². The van der Waals surface area contributed by atoms with Crippen molar-refractivity contribution >= 4 is 5.97 Å². The number of carbonyl (C=O) groups is 1. The van der Waals surface area contributed by atoms with E-state index in [9.17, 15) is 4.79 Å². The first-order chi connectivity index (χ1) is 10.1. The predicted octanol–water partition coefficient (Wildman–Crippen LogP) is 2.83. The van der Waals surface area contributed by atoms with Gasteiger partial charge >= 0.3 is 5.97 Å². The van der Waals surface area contributed by atoms with Crippen molar-refractivity contribution in [3.05, 3.63) is 23.8 Å². The maximum absolute atomic E-state index is 10.8. The van der Waals surface area contributed by atoms with Crippen LogP contribution in [0.1, 0.15) is 39.2 Å². The van der Waals surface area contributed by atoms with Crippen LogP contribution in [0.15, 0.2) is 18.2 Å². The van der Waals surface area contributed by atoms with Crippen LogP contribution in [-0.4, -0.2) is 30.3 Å². The number of carboxylic acids is 1. The van der Waals surface area contributed by atoms with E-state index in [1.807, 2.05) is 25.1 Å². The topological polar surface area (TPSA) is 67.8 Å². The molecule has 0 amide bonds. The molecule has 5 nitrogen and oxygen atoms in total. The van der Waals surface area contributed by atoms with E-state index in [1.54, 1.807) is 6.92 Å². The Hall–Kier alpha value is -1.75. The first-order valence-corrected chi connectivity index (χ1v) is 7.43. The molecule has 0 saturated carbocycles. The number of rotatable bonds is 10. The molecule has 0 heterocycles. The normalized spacial score (nSPS) is 12.0. The van der Waals surface area contributed by atoms with E-state index in [0.29, 0.717) is 19.8 Å². The van der Waals surface area contributed by atoms with Crippen molar-refractivity contribution in [3.63, 3.8) is 0 Å². The number of nitrogens with one attached hydrogen (secondary N) is 1. The third-order valence-corrected chi connectivity index (χ3v) is 2.94. The fourth-order valence-electron chi connectivity index (χ4n) is 1.69. The average molecular weight is 295 g/mol. The summed E-state index contributed by atoms with van der Waals surface area (Å²) in [6.07, 6.45) is 1.86. The Morgan fingerprint density at radius 1 is 1.24 bits per heavy atom. The zero-order valence-corrected chi connectivity index (χ0v) is 13.0. The first-order valence-electron chi connectivity index (χ1n) is 7.43. The molecule has 1 atom stereocenters. The summed E-state index contributed by atoms with van der Waals surface area (Å²) >= 11 is 0. The minimum absolute atomic E-state index is 0.445. The lowest BCUT2D eigenvalue weighted by atomic mass is 10.1. The van der Waals surface area contributed by atoms with Gasteiger partial charge in [-0.1, -0.05) is 19.9 Å². The van der Waals surface area contributed by atoms with E-state index < -0.39 is 12.0 Å². The van der Waals surface area contributed by atoms with Gasteiger partial charge in [0, 0.05) is 18.2 Å². The number of hydrogen-bond donors (Lipinski definition) is 2. The van der Waals surface area contributed by atoms with Gasteiger partial charge in [-0.15, -0.1) is 0 Å². The molecule has 1 unspecified atom stereocenters. The molecule has 5 heteroatoms. The van der Waals surface area contributed by atoms with E-state index in [2.05, 4.69) is 12.2 Å². The molecular weight excluding hydrogens is 270 g/mol. The van der Waals surface area contributed by atoms with Crippen LogP contribution >= 0.6 is 0 Å². The van der Waals surface area contributed by atoms with Gasteiger partial charge in [-0.2, -0.15) is 0 Å². The summed E-state index contributed by atoms with van der Waals surface area (Å²) < 4.78 is 11.3. The van der Waals surface area contributed by atoms with Crippen LogP contribution < -0.4 is 14.8 Å². The fourth-order valence-corrected chi connectivity index (χ4v) is 1.69. The van der Waals surface area contributed by atoms with Gasteiger partial charge in [0.05, 0.1) is 13.2 Å². The predicted molar refractivity (Wildman–Crippen MR) is 82.0 cm³/mol. The second kappa shape index (κ2) is 9.23. The Bertz CT molecular complexity index is 448. The van der Waals surface area contributed by atoms with Gasteiger partial charge in [0.2, 0.25) is 0 Å². The lowest BCUT2D eigenvalue weighted by Gasteiger charge is -2.15. The smallest absolute Gasteiger partial charge is 0.320 e. The molecule has 0 saturated heterocycles. The molecule has 1 aromatic carbocycles. The molecule has 0 aliphatic carbocycles. The second-order valence-corrected chi connectivity index (χ2v) is 4.91. The van der Waals surface area contributed by atoms with Crippen molar-refractivity contribution in [3.8, 4) is 11.5 Å². The highest BCUT2D eigenvalue weighted by Crippen LogP contribution is 2.25. The highest BCUT2D eigenvalue weighted by Gasteiger charge is 2.12. The number of aliphatic carboxylic acids is 1. The molecule has 0 aromatic heterocycles. The van der Waals surface area contributed by atoms with Gasteiger partial charge in [-0.05, 0) is 25.8 Å². The maximum atomic E-state index is 10.8. The third kappa shape index (κ3) is 6.04. The molecule has 0 aliphatic heterocycles. The van der Waals surface area contributed by atoms with Gasteiger partial charge in [0.1, 0.15) is 17.5 Å². The minimum Gasteiger partial charge on any atom is -0.493 e. The summed E-state index contributed by atoms with van der Waals surface area (Å²) in [4.78, 5) is 10.8. The SMILES string of the molecule is CCCOc1ccc(CNC(C)C(=O)O)c(OCCC)c1. The maximum Gasteiger partial charge on any atom is 0.320 e. The van der Waals surface area contributed by atoms with Gasteiger partial charge in [-0.3, -0.25) is 4.79 Å². The van der Waals surface area contributed by atoms with Crippen LogP contribution in [0.2, 0.25) is 0 Å². The van der Waals surface area contributed by atoms with Crippen LogP contribution in [0, 0.1) is 0 Å². The molecular formula is C16H25NO4. The molecule has 2 N–H and O–H groups in total. The minimum atomic E-state index is -0.867. The highest BCUT2D eigenvalue weighted by molar-refractivity contribution is 5.72. The molecule has 0 aliphatic rings. The molecule has 0 fully saturated rings. The lowest BCUT2D eigenvalue weighted by Crippen LogP contribution is -2.33. The van der Waals surface area contributed by atoms with Crippen molar-refractivity contribution in [1.82, 2.24) is 5.32 Å². The van der Waals surface area contributed by atoms with Crippen LogP contribution in [0.4, 0.5) is 0 Å². The monoisotopic (exact) mass is 295 g/mol. The van der Waals surface area contributed by atoms with Crippen molar-refractivity contribution in [2.45, 2.75) is 46.2 Å². The van der Waals surface area contributed by atoms with E-state index in [1.165, 1.54) is 0 Å². The van der Waals surface area contributed by atoms with Gasteiger partial charge in [0.25, 0.3) is 0 Å². The lowest BCUT2D eigenvalue weighted by molar-refractivity contribution is -0.139. The highest BCUT2D eigenvalue weighted by atomic mass is 16.5. The van der Waals surface area contributed by atoms with Gasteiger partial charge in [-0.25, -0.2) is 0 Å². The quantitative estimate of drug-likeness (QED) is 0.694. The van der Waals surface area contributed by atoms with Gasteiger partial charge in [0.15, 0.2) is 0 Å². The van der Waals surface area contributed by atoms with Crippen LogP contribution in [0.25, 0.3) is 0 Å². The fraction of sp³-hybridized carbons (Fsp3) is 0.562. The number of carboxylic acid groups (broad SMARTS) is 1. The largest absolute Gasteiger partial charge is 0.493 e. The van der Waals surface area contributed by atoms with E-state index >= 15 is 0 Å². The number of ether oxygens (including phenoxy) is 2. The van der Waals surface area contributed by atoms with Crippen LogP contribution in [0.5, 0.6) is 11.5 Å². The van der Waals surface area contributed by atoms with Crippen molar-refractivity contribution in [2.75, 3.05) is 13.2 Å². The molecule has 0 bridgehead atoms. The summed E-state index contributed by atoms with van der Waals surface area (Å²) in [5, 5.41) is 11.9. The number of hydrogen-bond acceptors (Lipinski definition) is 4. The second-order valence-electron chi connectivity index (χ2n) is 4.91. The third-order valence-electron chi connectivity index (χ3n) is 2.94. The van der Waals surface area contributed by atoms with Crippen molar-refractivity contribution in [2.24, 2.45) is 0 Å². The summed E-state index contributed by atoms with van der Waals surface area (Å²) in [6, 6.07) is 5.07. The Morgan fingerprint density at radius 2 is 1.90 bits per heavy atom. The molecule has 0 spiro atoms. The first kappa shape index (κ1) is 17.3. The van der Waals surface area contributed by atoms with Crippen LogP contribution in [-0.2, 0) is 11.3 Å².